The molecule has 2 N–H and O–H groups in total. The van der Waals surface area contributed by atoms with Crippen LogP contribution in [0.2, 0.25) is 0 Å². The van der Waals surface area contributed by atoms with Crippen molar-refractivity contribution in [2.45, 2.75) is 18.2 Å². The summed E-state index contributed by atoms with van der Waals surface area (Å²) in [5, 5.41) is 11.8. The van der Waals surface area contributed by atoms with Crippen molar-refractivity contribution in [1.82, 2.24) is 5.32 Å². The first-order valence-electron chi connectivity index (χ1n) is 6.94. The van der Waals surface area contributed by atoms with Gasteiger partial charge in [-0.25, -0.2) is 4.79 Å². The minimum atomic E-state index is -1.08. The lowest BCUT2D eigenvalue weighted by atomic mass is 10.2. The van der Waals surface area contributed by atoms with Gasteiger partial charge in [-0.15, -0.1) is 11.8 Å². The maximum absolute atomic E-state index is 12.0. The normalized spacial score (nSPS) is 10.4. The van der Waals surface area contributed by atoms with Crippen LogP contribution >= 0.6 is 11.8 Å². The average Bonchev–Trinajstić information content (AvgIpc) is 2.97. The molecule has 5 nitrogen and oxygen atoms in total. The minimum absolute atomic E-state index is 0.0407. The number of rotatable bonds is 7. The van der Waals surface area contributed by atoms with Gasteiger partial charge in [-0.1, -0.05) is 25.1 Å². The number of benzene rings is 1. The second kappa shape index (κ2) is 7.70. The summed E-state index contributed by atoms with van der Waals surface area (Å²) in [6.45, 7) is 2.26. The van der Waals surface area contributed by atoms with Crippen molar-refractivity contribution in [1.29, 1.82) is 0 Å². The van der Waals surface area contributed by atoms with Crippen molar-refractivity contribution in [2.24, 2.45) is 0 Å². The van der Waals surface area contributed by atoms with Crippen molar-refractivity contribution < 1.29 is 19.1 Å². The van der Waals surface area contributed by atoms with E-state index in [1.165, 1.54) is 6.07 Å². The molecule has 2 rings (SSSR count). The van der Waals surface area contributed by atoms with Gasteiger partial charge < -0.3 is 14.8 Å². The zero-order valence-electron chi connectivity index (χ0n) is 12.2. The van der Waals surface area contributed by atoms with Gasteiger partial charge in [0, 0.05) is 29.7 Å². The van der Waals surface area contributed by atoms with Crippen molar-refractivity contribution in [3.8, 4) is 0 Å². The summed E-state index contributed by atoms with van der Waals surface area (Å²) in [6, 6.07) is 11.2. The Morgan fingerprint density at radius 2 is 2.00 bits per heavy atom. The molecule has 0 bridgehead atoms. The first kappa shape index (κ1) is 16.2. The third-order valence-electron chi connectivity index (χ3n) is 2.98. The number of nitrogens with one attached hydrogen (secondary N) is 1. The molecular formula is C16H17NO4S. The average molecular weight is 319 g/mol. The first-order chi connectivity index (χ1) is 10.6. The molecule has 0 aliphatic heterocycles. The van der Waals surface area contributed by atoms with Crippen molar-refractivity contribution in [3.05, 3.63) is 53.5 Å². The van der Waals surface area contributed by atoms with Crippen LogP contribution in [0.4, 0.5) is 0 Å². The van der Waals surface area contributed by atoms with Crippen molar-refractivity contribution >= 4 is 23.6 Å². The Morgan fingerprint density at radius 1 is 1.27 bits per heavy atom. The van der Waals surface area contributed by atoms with Gasteiger partial charge >= 0.3 is 5.97 Å². The first-order valence-corrected chi connectivity index (χ1v) is 7.92. The number of carbonyl (C=O) groups excluding carboxylic acids is 1. The van der Waals surface area contributed by atoms with Gasteiger partial charge in [-0.2, -0.15) is 0 Å². The summed E-state index contributed by atoms with van der Waals surface area (Å²) < 4.78 is 5.30. The number of aromatic carboxylic acids is 1. The van der Waals surface area contributed by atoms with E-state index in [2.05, 4.69) is 5.32 Å². The maximum Gasteiger partial charge on any atom is 0.339 e. The molecule has 1 amide bonds. The second-order valence-electron chi connectivity index (χ2n) is 4.52. The van der Waals surface area contributed by atoms with Crippen LogP contribution in [0, 0.1) is 0 Å². The molecule has 1 aromatic heterocycles. The Morgan fingerprint density at radius 3 is 2.59 bits per heavy atom. The van der Waals surface area contributed by atoms with Gasteiger partial charge in [-0.3, -0.25) is 4.79 Å². The van der Waals surface area contributed by atoms with E-state index >= 15 is 0 Å². The molecule has 1 aromatic carbocycles. The topological polar surface area (TPSA) is 79.5 Å². The molecule has 0 fully saturated rings. The number of carboxylic acids is 1. The predicted molar refractivity (Wildman–Crippen MR) is 84.5 cm³/mol. The van der Waals surface area contributed by atoms with E-state index < -0.39 is 11.9 Å². The lowest BCUT2D eigenvalue weighted by Gasteiger charge is -2.03. The molecule has 0 aliphatic rings. The van der Waals surface area contributed by atoms with E-state index in [-0.39, 0.29) is 11.3 Å². The quantitative estimate of drug-likeness (QED) is 0.605. The monoisotopic (exact) mass is 319 g/mol. The van der Waals surface area contributed by atoms with Crippen LogP contribution in [-0.2, 0) is 6.42 Å². The molecule has 0 aliphatic carbocycles. The number of amides is 1. The molecule has 0 saturated heterocycles. The van der Waals surface area contributed by atoms with E-state index in [9.17, 15) is 9.59 Å². The summed E-state index contributed by atoms with van der Waals surface area (Å²) in [5.41, 5.74) is 0.0475. The number of thioether (sulfide) groups is 1. The van der Waals surface area contributed by atoms with Crippen LogP contribution in [-0.4, -0.2) is 29.3 Å². The van der Waals surface area contributed by atoms with Crippen LogP contribution in [0.25, 0.3) is 0 Å². The third kappa shape index (κ3) is 4.14. The third-order valence-corrected chi connectivity index (χ3v) is 4.00. The van der Waals surface area contributed by atoms with Crippen molar-refractivity contribution in [2.75, 3.05) is 12.3 Å². The Balaban J connectivity index is 1.86. The number of hydrogen-bond acceptors (Lipinski definition) is 4. The predicted octanol–water partition coefficient (Wildman–Crippen LogP) is 3.06. The Kier molecular flexibility index (Phi) is 5.66. The van der Waals surface area contributed by atoms with E-state index in [1.807, 2.05) is 30.3 Å². The molecule has 22 heavy (non-hydrogen) atoms. The Bertz CT molecular complexity index is 651. The minimum Gasteiger partial charge on any atom is -0.478 e. The van der Waals surface area contributed by atoms with Gasteiger partial charge in [-0.05, 0) is 12.1 Å². The van der Waals surface area contributed by atoms with E-state index in [4.69, 9.17) is 9.52 Å². The summed E-state index contributed by atoms with van der Waals surface area (Å²) in [7, 11) is 0. The lowest BCUT2D eigenvalue weighted by Crippen LogP contribution is -2.25. The van der Waals surface area contributed by atoms with E-state index in [0.717, 1.165) is 10.6 Å². The van der Waals surface area contributed by atoms with Gasteiger partial charge in [0.05, 0.1) is 0 Å². The highest BCUT2D eigenvalue weighted by Crippen LogP contribution is 2.17. The highest BCUT2D eigenvalue weighted by molar-refractivity contribution is 7.99. The number of aryl methyl sites for hydroxylation is 1. The van der Waals surface area contributed by atoms with Gasteiger partial charge in [0.15, 0.2) is 5.76 Å². The molecule has 116 valence electrons. The standard InChI is InChI=1S/C16H17NO4S/c1-2-13-12(16(19)20)10-14(21-13)15(18)17-8-9-22-11-6-4-3-5-7-11/h3-7,10H,2,8-9H2,1H3,(H,17,18)(H,19,20). The fraction of sp³-hybridized carbons (Fsp3) is 0.250. The number of carboxylic acid groups (broad SMARTS) is 1. The van der Waals surface area contributed by atoms with Crippen LogP contribution in [0.3, 0.4) is 0 Å². The fourth-order valence-electron chi connectivity index (χ4n) is 1.92. The molecular weight excluding hydrogens is 302 g/mol. The highest BCUT2D eigenvalue weighted by Gasteiger charge is 2.19. The highest BCUT2D eigenvalue weighted by atomic mass is 32.2. The number of hydrogen-bond donors (Lipinski definition) is 2. The Labute approximate surface area is 132 Å². The van der Waals surface area contributed by atoms with Crippen LogP contribution < -0.4 is 5.32 Å². The maximum atomic E-state index is 12.0. The SMILES string of the molecule is CCc1oc(C(=O)NCCSc2ccccc2)cc1C(=O)O. The molecule has 0 spiro atoms. The second-order valence-corrected chi connectivity index (χ2v) is 5.69. The number of furan rings is 1. The van der Waals surface area contributed by atoms with Crippen LogP contribution in [0.1, 0.15) is 33.6 Å². The summed E-state index contributed by atoms with van der Waals surface area (Å²) in [6.07, 6.45) is 0.429. The molecule has 1 heterocycles. The smallest absolute Gasteiger partial charge is 0.339 e. The summed E-state index contributed by atoms with van der Waals surface area (Å²) in [4.78, 5) is 24.1. The zero-order chi connectivity index (χ0) is 15.9. The molecule has 2 aromatic rings. The van der Waals surface area contributed by atoms with Gasteiger partial charge in [0.1, 0.15) is 11.3 Å². The zero-order valence-corrected chi connectivity index (χ0v) is 13.0. The molecule has 0 saturated carbocycles. The summed E-state index contributed by atoms with van der Waals surface area (Å²) in [5.74, 6) is -0.395. The Hall–Kier alpha value is -2.21. The van der Waals surface area contributed by atoms with Gasteiger partial charge in [0.25, 0.3) is 5.91 Å². The van der Waals surface area contributed by atoms with Crippen molar-refractivity contribution in [3.63, 3.8) is 0 Å². The molecule has 0 atom stereocenters. The lowest BCUT2D eigenvalue weighted by molar-refractivity contribution is 0.0694. The van der Waals surface area contributed by atoms with E-state index in [0.29, 0.717) is 18.7 Å². The largest absolute Gasteiger partial charge is 0.478 e. The molecule has 6 heteroatoms. The molecule has 0 radical (unpaired) electrons. The van der Waals surface area contributed by atoms with E-state index in [1.54, 1.807) is 18.7 Å². The van der Waals surface area contributed by atoms with Gasteiger partial charge in [0.2, 0.25) is 0 Å². The van der Waals surface area contributed by atoms with Crippen LogP contribution in [0.5, 0.6) is 0 Å². The number of carbonyl (C=O) groups is 2. The fourth-order valence-corrected chi connectivity index (χ4v) is 2.71. The molecule has 0 unspecified atom stereocenters. The summed E-state index contributed by atoms with van der Waals surface area (Å²) >= 11 is 1.64. The van der Waals surface area contributed by atoms with Crippen LogP contribution in [0.15, 0.2) is 45.7 Å².